The van der Waals surface area contributed by atoms with Crippen molar-refractivity contribution in [3.05, 3.63) is 27.9 Å². The van der Waals surface area contributed by atoms with E-state index >= 15 is 0 Å². The van der Waals surface area contributed by atoms with E-state index < -0.39 is 0 Å². The maximum Gasteiger partial charge on any atom is 0.328 e. The molecule has 2 N–H and O–H groups in total. The van der Waals surface area contributed by atoms with E-state index in [1.165, 1.54) is 0 Å². The number of imidazole rings is 1. The third-order valence-corrected chi connectivity index (χ3v) is 2.84. The van der Waals surface area contributed by atoms with E-state index in [2.05, 4.69) is 0 Å². The van der Waals surface area contributed by atoms with Crippen LogP contribution in [0.15, 0.2) is 10.9 Å². The van der Waals surface area contributed by atoms with Crippen molar-refractivity contribution in [3.63, 3.8) is 0 Å². The van der Waals surface area contributed by atoms with Crippen molar-refractivity contribution in [3.8, 4) is 0 Å². The molecule has 5 heteroatoms. The van der Waals surface area contributed by atoms with Crippen molar-refractivity contribution in [2.45, 2.75) is 25.9 Å². The molecule has 0 saturated carbocycles. The summed E-state index contributed by atoms with van der Waals surface area (Å²) in [6.45, 7) is 0.542. The maximum atomic E-state index is 12.0. The molecule has 0 unspecified atom stereocenters. The van der Waals surface area contributed by atoms with Gasteiger partial charge < -0.3 is 10.2 Å². The molecule has 88 valence electrons. The SMILES string of the molecule is O=c1n(CCO)c2c(n1CCO)CCC=C2. The summed E-state index contributed by atoms with van der Waals surface area (Å²) < 4.78 is 3.18. The van der Waals surface area contributed by atoms with E-state index in [1.807, 2.05) is 12.2 Å². The number of aliphatic hydroxyl groups is 2. The lowest BCUT2D eigenvalue weighted by Crippen LogP contribution is -2.27. The fourth-order valence-corrected chi connectivity index (χ4v) is 2.17. The molecule has 0 amide bonds. The van der Waals surface area contributed by atoms with Gasteiger partial charge in [-0.05, 0) is 18.9 Å². The van der Waals surface area contributed by atoms with Crippen molar-refractivity contribution < 1.29 is 10.2 Å². The van der Waals surface area contributed by atoms with Crippen molar-refractivity contribution in [1.82, 2.24) is 9.13 Å². The van der Waals surface area contributed by atoms with Gasteiger partial charge in [0.15, 0.2) is 0 Å². The van der Waals surface area contributed by atoms with Crippen molar-refractivity contribution in [1.29, 1.82) is 0 Å². The smallest absolute Gasteiger partial charge is 0.328 e. The normalized spacial score (nSPS) is 14.1. The van der Waals surface area contributed by atoms with Crippen LogP contribution in [0.2, 0.25) is 0 Å². The lowest BCUT2D eigenvalue weighted by molar-refractivity contribution is 0.265. The Kier molecular flexibility index (Phi) is 3.26. The number of aromatic nitrogens is 2. The van der Waals surface area contributed by atoms with Crippen LogP contribution in [-0.4, -0.2) is 32.6 Å². The minimum absolute atomic E-state index is 0.0425. The zero-order chi connectivity index (χ0) is 11.5. The zero-order valence-electron chi connectivity index (χ0n) is 9.09. The first-order chi connectivity index (χ1) is 7.79. The van der Waals surface area contributed by atoms with E-state index in [1.54, 1.807) is 9.13 Å². The number of aliphatic hydroxyl groups excluding tert-OH is 2. The summed E-state index contributed by atoms with van der Waals surface area (Å²) >= 11 is 0. The van der Waals surface area contributed by atoms with Gasteiger partial charge in [0.25, 0.3) is 0 Å². The Morgan fingerprint density at radius 3 is 2.56 bits per heavy atom. The molecule has 0 saturated heterocycles. The Balaban J connectivity index is 2.54. The van der Waals surface area contributed by atoms with Crippen LogP contribution in [0.1, 0.15) is 17.8 Å². The highest BCUT2D eigenvalue weighted by Gasteiger charge is 2.18. The number of hydrogen-bond donors (Lipinski definition) is 2. The summed E-state index contributed by atoms with van der Waals surface area (Å²) in [5, 5.41) is 17.9. The number of allylic oxidation sites excluding steroid dienone is 1. The van der Waals surface area contributed by atoms with Gasteiger partial charge in [0.2, 0.25) is 0 Å². The minimum atomic E-state index is -0.139. The van der Waals surface area contributed by atoms with Crippen molar-refractivity contribution >= 4 is 6.08 Å². The monoisotopic (exact) mass is 224 g/mol. The van der Waals surface area contributed by atoms with Gasteiger partial charge in [-0.1, -0.05) is 6.08 Å². The minimum Gasteiger partial charge on any atom is -0.395 e. The molecule has 0 radical (unpaired) electrons. The van der Waals surface area contributed by atoms with E-state index in [9.17, 15) is 4.79 Å². The largest absolute Gasteiger partial charge is 0.395 e. The third-order valence-electron chi connectivity index (χ3n) is 2.84. The van der Waals surface area contributed by atoms with Gasteiger partial charge in [-0.3, -0.25) is 9.13 Å². The molecule has 2 rings (SSSR count). The second-order valence-electron chi connectivity index (χ2n) is 3.81. The van der Waals surface area contributed by atoms with Crippen LogP contribution in [-0.2, 0) is 19.5 Å². The number of hydrogen-bond acceptors (Lipinski definition) is 3. The molecule has 1 heterocycles. The Morgan fingerprint density at radius 1 is 1.19 bits per heavy atom. The topological polar surface area (TPSA) is 67.4 Å². The quantitative estimate of drug-likeness (QED) is 0.731. The van der Waals surface area contributed by atoms with E-state index in [4.69, 9.17) is 10.2 Å². The van der Waals surface area contributed by atoms with Gasteiger partial charge >= 0.3 is 5.69 Å². The van der Waals surface area contributed by atoms with E-state index in [0.29, 0.717) is 13.1 Å². The molecular formula is C11H16N2O3. The van der Waals surface area contributed by atoms with Gasteiger partial charge in [0.05, 0.1) is 32.0 Å². The Hall–Kier alpha value is -1.33. The average molecular weight is 224 g/mol. The van der Waals surface area contributed by atoms with Crippen LogP contribution in [0.3, 0.4) is 0 Å². The predicted molar refractivity (Wildman–Crippen MR) is 60.2 cm³/mol. The average Bonchev–Trinajstić information content (AvgIpc) is 2.56. The van der Waals surface area contributed by atoms with Crippen molar-refractivity contribution in [2.75, 3.05) is 13.2 Å². The van der Waals surface area contributed by atoms with Gasteiger partial charge in [-0.2, -0.15) is 0 Å². The fourth-order valence-electron chi connectivity index (χ4n) is 2.17. The Labute approximate surface area is 93.3 Å². The molecule has 0 aromatic carbocycles. The standard InChI is InChI=1S/C11H16N2O3/c14-7-5-12-9-3-1-2-4-10(9)13(6-8-15)11(12)16/h1,3,14-15H,2,4-8H2. The molecule has 0 aliphatic heterocycles. The Morgan fingerprint density at radius 2 is 1.88 bits per heavy atom. The van der Waals surface area contributed by atoms with Crippen LogP contribution >= 0.6 is 0 Å². The summed E-state index contributed by atoms with van der Waals surface area (Å²) in [4.78, 5) is 12.0. The second kappa shape index (κ2) is 4.67. The molecule has 1 aliphatic carbocycles. The molecule has 0 atom stereocenters. The molecule has 1 aromatic heterocycles. The van der Waals surface area contributed by atoms with Crippen LogP contribution in [0.4, 0.5) is 0 Å². The first-order valence-electron chi connectivity index (χ1n) is 5.50. The van der Waals surface area contributed by atoms with Crippen molar-refractivity contribution in [2.24, 2.45) is 0 Å². The number of rotatable bonds is 4. The summed E-state index contributed by atoms with van der Waals surface area (Å²) in [5.74, 6) is 0. The Bertz CT molecular complexity index is 457. The molecule has 5 nitrogen and oxygen atoms in total. The van der Waals surface area contributed by atoms with E-state index in [-0.39, 0.29) is 18.9 Å². The fraction of sp³-hybridized carbons (Fsp3) is 0.545. The van der Waals surface area contributed by atoms with Gasteiger partial charge in [-0.25, -0.2) is 4.79 Å². The lowest BCUT2D eigenvalue weighted by Gasteiger charge is -2.09. The summed E-state index contributed by atoms with van der Waals surface area (Å²) in [7, 11) is 0. The molecule has 0 fully saturated rings. The highest BCUT2D eigenvalue weighted by atomic mass is 16.3. The number of fused-ring (bicyclic) bond motifs is 1. The first kappa shape index (κ1) is 11.2. The van der Waals surface area contributed by atoms with Crippen LogP contribution in [0.5, 0.6) is 0 Å². The summed E-state index contributed by atoms with van der Waals surface area (Å²) in [6.07, 6.45) is 5.68. The highest BCUT2D eigenvalue weighted by Crippen LogP contribution is 2.18. The van der Waals surface area contributed by atoms with Crippen LogP contribution in [0.25, 0.3) is 6.08 Å². The molecule has 16 heavy (non-hydrogen) atoms. The molecule has 0 spiro atoms. The predicted octanol–water partition coefficient (Wildman–Crippen LogP) is -0.406. The number of nitrogens with zero attached hydrogens (tertiary/aromatic N) is 2. The first-order valence-corrected chi connectivity index (χ1v) is 5.50. The maximum absolute atomic E-state index is 12.0. The molecular weight excluding hydrogens is 208 g/mol. The molecule has 1 aliphatic rings. The third kappa shape index (κ3) is 1.72. The van der Waals surface area contributed by atoms with Gasteiger partial charge in [0.1, 0.15) is 0 Å². The van der Waals surface area contributed by atoms with Crippen LogP contribution < -0.4 is 5.69 Å². The zero-order valence-corrected chi connectivity index (χ0v) is 9.09. The molecule has 0 bridgehead atoms. The summed E-state index contributed by atoms with van der Waals surface area (Å²) in [6, 6.07) is 0. The molecule has 1 aromatic rings. The summed E-state index contributed by atoms with van der Waals surface area (Å²) in [5.41, 5.74) is 1.70. The highest BCUT2D eigenvalue weighted by molar-refractivity contribution is 5.51. The van der Waals surface area contributed by atoms with Gasteiger partial charge in [0, 0.05) is 5.69 Å². The van der Waals surface area contributed by atoms with E-state index in [0.717, 1.165) is 24.2 Å². The lowest BCUT2D eigenvalue weighted by atomic mass is 10.1. The second-order valence-corrected chi connectivity index (χ2v) is 3.81. The van der Waals surface area contributed by atoms with Gasteiger partial charge in [-0.15, -0.1) is 0 Å². The van der Waals surface area contributed by atoms with Crippen LogP contribution in [0, 0.1) is 0 Å².